The van der Waals surface area contributed by atoms with Gasteiger partial charge in [-0.15, -0.1) is 0 Å². The maximum Gasteiger partial charge on any atom is 0.334 e. The molecule has 0 aliphatic heterocycles. The van der Waals surface area contributed by atoms with Gasteiger partial charge in [0.15, 0.2) is 0 Å². The Balaban J connectivity index is 0. The predicted molar refractivity (Wildman–Crippen MR) is 48.9 cm³/mol. The van der Waals surface area contributed by atoms with Crippen molar-refractivity contribution in [2.45, 2.75) is 26.4 Å². The summed E-state index contributed by atoms with van der Waals surface area (Å²) in [5.74, 6) is 0. The molecule has 0 radical (unpaired) electrons. The second-order valence-electron chi connectivity index (χ2n) is 2.37. The highest BCUT2D eigenvalue weighted by molar-refractivity contribution is 6.65. The largest absolute Gasteiger partial charge is 0.398 e. The highest BCUT2D eigenvalue weighted by atomic mass is 28.4. The van der Waals surface area contributed by atoms with E-state index in [-0.39, 0.29) is 14.0 Å². The van der Waals surface area contributed by atoms with E-state index in [9.17, 15) is 0 Å². The van der Waals surface area contributed by atoms with Gasteiger partial charge in [0, 0.05) is 20.8 Å². The molecular formula is C7H20O3Si. The van der Waals surface area contributed by atoms with Crippen molar-refractivity contribution < 1.29 is 14.0 Å². The Hall–Kier alpha value is 0.0969. The van der Waals surface area contributed by atoms with Crippen molar-refractivity contribution in [1.29, 1.82) is 0 Å². The first kappa shape index (κ1) is 13.7. The van der Waals surface area contributed by atoms with E-state index in [1.165, 1.54) is 0 Å². The lowest BCUT2D eigenvalue weighted by Crippen LogP contribution is -2.35. The maximum absolute atomic E-state index is 8.53. The number of hydrogen-bond acceptors (Lipinski definition) is 3. The highest BCUT2D eigenvalue weighted by Gasteiger charge is 2.27. The smallest absolute Gasteiger partial charge is 0.334 e. The Morgan fingerprint density at radius 1 is 1.27 bits per heavy atom. The number of aliphatic hydroxyl groups is 1. The fraction of sp³-hybridized carbons (Fsp3) is 1.00. The van der Waals surface area contributed by atoms with Crippen LogP contribution in [0, 0.1) is 0 Å². The van der Waals surface area contributed by atoms with Gasteiger partial charge in [0.1, 0.15) is 0 Å². The van der Waals surface area contributed by atoms with E-state index in [0.29, 0.717) is 0 Å². The second kappa shape index (κ2) is 6.79. The minimum absolute atomic E-state index is 0. The number of hydrogen-bond donors (Lipinski definition) is 1. The van der Waals surface area contributed by atoms with Gasteiger partial charge in [-0.1, -0.05) is 7.43 Å². The van der Waals surface area contributed by atoms with Crippen molar-refractivity contribution in [3.8, 4) is 0 Å². The second-order valence-corrected chi connectivity index (χ2v) is 5.95. The highest BCUT2D eigenvalue weighted by Crippen LogP contribution is 2.12. The fourth-order valence-electron chi connectivity index (χ4n) is 0.688. The Morgan fingerprint density at radius 3 is 2.00 bits per heavy atom. The molecule has 0 saturated heterocycles. The van der Waals surface area contributed by atoms with Gasteiger partial charge in [0.2, 0.25) is 0 Å². The molecule has 11 heavy (non-hydrogen) atoms. The van der Waals surface area contributed by atoms with Crippen LogP contribution in [0.3, 0.4) is 0 Å². The average Bonchev–Trinajstić information content (AvgIpc) is 2.00. The lowest BCUT2D eigenvalue weighted by atomic mass is 10.5. The lowest BCUT2D eigenvalue weighted by molar-refractivity contribution is 0.238. The van der Waals surface area contributed by atoms with Crippen molar-refractivity contribution in [1.82, 2.24) is 0 Å². The van der Waals surface area contributed by atoms with Crippen molar-refractivity contribution in [2.24, 2.45) is 0 Å². The topological polar surface area (TPSA) is 38.7 Å². The van der Waals surface area contributed by atoms with Crippen LogP contribution in [0.25, 0.3) is 0 Å². The summed E-state index contributed by atoms with van der Waals surface area (Å²) < 4.78 is 10.4. The van der Waals surface area contributed by atoms with Gasteiger partial charge in [0.05, 0.1) is 0 Å². The molecule has 3 nitrogen and oxygen atoms in total. The van der Waals surface area contributed by atoms with Crippen LogP contribution in [0.4, 0.5) is 0 Å². The molecular weight excluding hydrogens is 160 g/mol. The Bertz CT molecular complexity index is 83.8. The van der Waals surface area contributed by atoms with Crippen LogP contribution in [0.1, 0.15) is 13.8 Å². The molecule has 0 unspecified atom stereocenters. The summed E-state index contributed by atoms with van der Waals surface area (Å²) in [5, 5.41) is 8.53. The molecule has 0 aromatic carbocycles. The first-order valence-electron chi connectivity index (χ1n) is 3.39. The van der Waals surface area contributed by atoms with Crippen LogP contribution in [-0.2, 0) is 8.85 Å². The van der Waals surface area contributed by atoms with Crippen LogP contribution in [0.2, 0.25) is 12.6 Å². The molecule has 0 aromatic rings. The van der Waals surface area contributed by atoms with Gasteiger partial charge in [-0.2, -0.15) is 0 Å². The van der Waals surface area contributed by atoms with Crippen molar-refractivity contribution >= 4 is 8.56 Å². The van der Waals surface area contributed by atoms with E-state index >= 15 is 0 Å². The molecule has 0 aromatic heterocycles. The van der Waals surface area contributed by atoms with E-state index < -0.39 is 8.56 Å². The van der Waals surface area contributed by atoms with Gasteiger partial charge in [-0.05, 0) is 19.0 Å². The van der Waals surface area contributed by atoms with Crippen molar-refractivity contribution in [3.05, 3.63) is 0 Å². The molecule has 70 valence electrons. The standard InChI is InChI=1S/C6H16O3Si.CH4/c1-8-10(3,9-2)6-4-5-7;/h7H,4-6H2,1-3H3;1H4. The van der Waals surface area contributed by atoms with Crippen molar-refractivity contribution in [2.75, 3.05) is 20.8 Å². The van der Waals surface area contributed by atoms with Crippen LogP contribution in [0.15, 0.2) is 0 Å². The molecule has 0 amide bonds. The number of aliphatic hydroxyl groups excluding tert-OH is 1. The van der Waals surface area contributed by atoms with Crippen molar-refractivity contribution in [3.63, 3.8) is 0 Å². The summed E-state index contributed by atoms with van der Waals surface area (Å²) >= 11 is 0. The average molecular weight is 180 g/mol. The van der Waals surface area contributed by atoms with E-state index in [4.69, 9.17) is 14.0 Å². The normalized spacial score (nSPS) is 10.9. The SMILES string of the molecule is C.CO[Si](C)(CCCO)OC. The molecule has 0 spiro atoms. The molecule has 0 fully saturated rings. The fourth-order valence-corrected chi connectivity index (χ4v) is 2.06. The Morgan fingerprint density at radius 2 is 1.73 bits per heavy atom. The molecule has 0 bridgehead atoms. The summed E-state index contributed by atoms with van der Waals surface area (Å²) in [6.07, 6.45) is 0.768. The Labute approximate surface area is 70.6 Å². The molecule has 0 rings (SSSR count). The van der Waals surface area contributed by atoms with E-state index in [2.05, 4.69) is 0 Å². The number of rotatable bonds is 5. The van der Waals surface area contributed by atoms with Gasteiger partial charge < -0.3 is 14.0 Å². The molecule has 0 aliphatic carbocycles. The monoisotopic (exact) mass is 180 g/mol. The van der Waals surface area contributed by atoms with Crippen LogP contribution in [-0.4, -0.2) is 34.5 Å². The van der Waals surface area contributed by atoms with Crippen LogP contribution >= 0.6 is 0 Å². The zero-order chi connectivity index (χ0) is 8.04. The third-order valence-corrected chi connectivity index (χ3v) is 4.64. The quantitative estimate of drug-likeness (QED) is 0.649. The van der Waals surface area contributed by atoms with E-state index in [1.807, 2.05) is 6.55 Å². The molecule has 0 saturated carbocycles. The third kappa shape index (κ3) is 5.38. The van der Waals surface area contributed by atoms with Gasteiger partial charge in [0.25, 0.3) is 0 Å². The first-order valence-corrected chi connectivity index (χ1v) is 5.92. The summed E-state index contributed by atoms with van der Waals surface area (Å²) in [6.45, 7) is 2.21. The van der Waals surface area contributed by atoms with E-state index in [1.54, 1.807) is 14.2 Å². The van der Waals surface area contributed by atoms with Gasteiger partial charge in [-0.3, -0.25) is 0 Å². The minimum atomic E-state index is -1.88. The third-order valence-electron chi connectivity index (χ3n) is 1.65. The molecule has 4 heteroatoms. The molecule has 1 N–H and O–H groups in total. The summed E-state index contributed by atoms with van der Waals surface area (Å²) in [4.78, 5) is 0. The van der Waals surface area contributed by atoms with Crippen LogP contribution in [0.5, 0.6) is 0 Å². The first-order chi connectivity index (χ1) is 4.68. The predicted octanol–water partition coefficient (Wildman–Crippen LogP) is 1.37. The summed E-state index contributed by atoms with van der Waals surface area (Å²) in [6, 6.07) is 0.858. The Kier molecular flexibility index (Phi) is 8.43. The lowest BCUT2D eigenvalue weighted by Gasteiger charge is -2.21. The summed E-state index contributed by atoms with van der Waals surface area (Å²) in [7, 11) is 1.44. The molecule has 0 atom stereocenters. The van der Waals surface area contributed by atoms with E-state index in [0.717, 1.165) is 12.5 Å². The molecule has 0 aliphatic rings. The van der Waals surface area contributed by atoms with Crippen LogP contribution < -0.4 is 0 Å². The summed E-state index contributed by atoms with van der Waals surface area (Å²) in [5.41, 5.74) is 0. The zero-order valence-corrected chi connectivity index (χ0v) is 7.89. The zero-order valence-electron chi connectivity index (χ0n) is 6.89. The minimum Gasteiger partial charge on any atom is -0.398 e. The molecule has 0 heterocycles. The van der Waals surface area contributed by atoms with Gasteiger partial charge in [-0.25, -0.2) is 0 Å². The maximum atomic E-state index is 8.53. The van der Waals surface area contributed by atoms with Gasteiger partial charge >= 0.3 is 8.56 Å².